The minimum Gasteiger partial charge on any atom is -0.449 e. The molecule has 1 amide bonds. The van der Waals surface area contributed by atoms with Crippen molar-refractivity contribution in [2.24, 2.45) is 5.92 Å². The van der Waals surface area contributed by atoms with Crippen LogP contribution in [0.3, 0.4) is 0 Å². The molecule has 2 aromatic carbocycles. The first-order valence-corrected chi connectivity index (χ1v) is 8.85. The molecule has 128 valence electrons. The number of carbonyl (C=O) groups is 2. The molecule has 1 unspecified atom stereocenters. The zero-order valence-corrected chi connectivity index (χ0v) is 14.0. The highest BCUT2D eigenvalue weighted by Crippen LogP contribution is 2.44. The van der Waals surface area contributed by atoms with Gasteiger partial charge in [0.05, 0.1) is 0 Å². The van der Waals surface area contributed by atoms with Crippen molar-refractivity contribution < 1.29 is 14.3 Å². The highest BCUT2D eigenvalue weighted by molar-refractivity contribution is 5.83. The minimum atomic E-state index is -0.443. The summed E-state index contributed by atoms with van der Waals surface area (Å²) in [5.41, 5.74) is 4.82. The summed E-state index contributed by atoms with van der Waals surface area (Å²) >= 11 is 0. The highest BCUT2D eigenvalue weighted by atomic mass is 16.5. The Kier molecular flexibility index (Phi) is 4.26. The van der Waals surface area contributed by atoms with E-state index >= 15 is 0 Å². The predicted octanol–water partition coefficient (Wildman–Crippen LogP) is 3.89. The molecule has 2 aliphatic rings. The maximum absolute atomic E-state index is 12.0. The normalized spacial score (nSPS) is 18.7. The molecule has 4 nitrogen and oxygen atoms in total. The number of Topliss-reactive ketones (excluding diaryl/α,β-unsaturated/α-hetero) is 1. The van der Waals surface area contributed by atoms with Gasteiger partial charge in [0.25, 0.3) is 0 Å². The largest absolute Gasteiger partial charge is 0.449 e. The molecule has 0 saturated heterocycles. The van der Waals surface area contributed by atoms with E-state index < -0.39 is 6.09 Å². The molecule has 0 aliphatic heterocycles. The molecular formula is C21H21NO3. The maximum Gasteiger partial charge on any atom is 0.407 e. The van der Waals surface area contributed by atoms with Crippen LogP contribution in [0.5, 0.6) is 0 Å². The van der Waals surface area contributed by atoms with Gasteiger partial charge in [0, 0.05) is 24.8 Å². The molecule has 0 aromatic heterocycles. The van der Waals surface area contributed by atoms with Gasteiger partial charge in [0.15, 0.2) is 0 Å². The van der Waals surface area contributed by atoms with Crippen molar-refractivity contribution in [2.75, 3.05) is 13.2 Å². The summed E-state index contributed by atoms with van der Waals surface area (Å²) < 4.78 is 5.47. The average molecular weight is 335 g/mol. The third kappa shape index (κ3) is 3.04. The number of fused-ring (bicyclic) bond motifs is 3. The van der Waals surface area contributed by atoms with Gasteiger partial charge in [-0.3, -0.25) is 4.79 Å². The Balaban J connectivity index is 1.41. The molecule has 1 atom stereocenters. The van der Waals surface area contributed by atoms with Gasteiger partial charge in [-0.25, -0.2) is 4.79 Å². The SMILES string of the molecule is O=C(NCC1CCCC1=O)OCC1c2ccccc2-c2ccccc21. The Morgan fingerprint density at radius 2 is 1.68 bits per heavy atom. The minimum absolute atomic E-state index is 0.0412. The molecule has 4 rings (SSSR count). The van der Waals surface area contributed by atoms with Crippen molar-refractivity contribution >= 4 is 11.9 Å². The Morgan fingerprint density at radius 1 is 1.04 bits per heavy atom. The van der Waals surface area contributed by atoms with Gasteiger partial charge in [0.1, 0.15) is 12.4 Å². The van der Waals surface area contributed by atoms with Gasteiger partial charge in [-0.2, -0.15) is 0 Å². The fraction of sp³-hybridized carbons (Fsp3) is 0.333. The van der Waals surface area contributed by atoms with Crippen LogP contribution in [0.2, 0.25) is 0 Å². The quantitative estimate of drug-likeness (QED) is 0.922. The Hall–Kier alpha value is -2.62. The smallest absolute Gasteiger partial charge is 0.407 e. The number of benzene rings is 2. The lowest BCUT2D eigenvalue weighted by Crippen LogP contribution is -2.32. The van der Waals surface area contributed by atoms with E-state index in [2.05, 4.69) is 29.6 Å². The van der Waals surface area contributed by atoms with Crippen molar-refractivity contribution in [3.63, 3.8) is 0 Å². The predicted molar refractivity (Wildman–Crippen MR) is 95.4 cm³/mol. The van der Waals surface area contributed by atoms with E-state index in [1.54, 1.807) is 0 Å². The summed E-state index contributed by atoms with van der Waals surface area (Å²) in [6.45, 7) is 0.688. The summed E-state index contributed by atoms with van der Waals surface area (Å²) in [5, 5.41) is 2.74. The second kappa shape index (κ2) is 6.71. The summed E-state index contributed by atoms with van der Waals surface area (Å²) in [5.74, 6) is 0.269. The third-order valence-electron chi connectivity index (χ3n) is 5.27. The molecule has 1 fully saturated rings. The fourth-order valence-electron chi connectivity index (χ4n) is 3.96. The lowest BCUT2D eigenvalue weighted by atomic mass is 9.98. The van der Waals surface area contributed by atoms with E-state index in [4.69, 9.17) is 4.74 Å². The molecule has 2 aliphatic carbocycles. The van der Waals surface area contributed by atoms with Crippen LogP contribution in [-0.2, 0) is 9.53 Å². The number of alkyl carbamates (subject to hydrolysis) is 1. The van der Waals surface area contributed by atoms with E-state index in [-0.39, 0.29) is 17.6 Å². The van der Waals surface area contributed by atoms with Gasteiger partial charge < -0.3 is 10.1 Å². The van der Waals surface area contributed by atoms with E-state index in [0.29, 0.717) is 19.6 Å². The van der Waals surface area contributed by atoms with Crippen molar-refractivity contribution in [3.05, 3.63) is 59.7 Å². The molecule has 25 heavy (non-hydrogen) atoms. The van der Waals surface area contributed by atoms with E-state index in [1.165, 1.54) is 22.3 Å². The molecule has 0 bridgehead atoms. The summed E-state index contributed by atoms with van der Waals surface area (Å²) in [6, 6.07) is 16.5. The van der Waals surface area contributed by atoms with Crippen molar-refractivity contribution in [1.82, 2.24) is 5.32 Å². The molecule has 0 heterocycles. The summed E-state index contributed by atoms with van der Waals surface area (Å²) in [6.07, 6.45) is 1.98. The molecule has 0 spiro atoms. The molecule has 0 radical (unpaired) electrons. The number of rotatable bonds is 4. The van der Waals surface area contributed by atoms with E-state index in [1.807, 2.05) is 24.3 Å². The number of carbonyl (C=O) groups excluding carboxylic acids is 2. The second-order valence-electron chi connectivity index (χ2n) is 6.76. The number of nitrogens with one attached hydrogen (secondary N) is 1. The molecule has 4 heteroatoms. The first-order chi connectivity index (χ1) is 12.2. The van der Waals surface area contributed by atoms with Crippen LogP contribution in [0.4, 0.5) is 4.79 Å². The van der Waals surface area contributed by atoms with Gasteiger partial charge >= 0.3 is 6.09 Å². The number of hydrogen-bond donors (Lipinski definition) is 1. The number of amides is 1. The lowest BCUT2D eigenvalue weighted by molar-refractivity contribution is -0.120. The van der Waals surface area contributed by atoms with E-state index in [9.17, 15) is 9.59 Å². The molecule has 1 saturated carbocycles. The monoisotopic (exact) mass is 335 g/mol. The average Bonchev–Trinajstić information content (AvgIpc) is 3.19. The van der Waals surface area contributed by atoms with Crippen LogP contribution in [0.25, 0.3) is 11.1 Å². The zero-order chi connectivity index (χ0) is 17.2. The Morgan fingerprint density at radius 3 is 2.28 bits per heavy atom. The highest BCUT2D eigenvalue weighted by Gasteiger charge is 2.29. The Bertz CT molecular complexity index is 769. The lowest BCUT2D eigenvalue weighted by Gasteiger charge is -2.15. The van der Waals surface area contributed by atoms with Crippen molar-refractivity contribution in [1.29, 1.82) is 0 Å². The standard InChI is InChI=1S/C21H21NO3/c23-20-11-5-6-14(20)12-22-21(24)25-13-19-17-9-3-1-7-15(17)16-8-2-4-10-18(16)19/h1-4,7-10,14,19H,5-6,11-13H2,(H,22,24). The maximum atomic E-state index is 12.0. The van der Waals surface area contributed by atoms with Gasteiger partial charge in [-0.05, 0) is 35.1 Å². The number of hydrogen-bond acceptors (Lipinski definition) is 3. The van der Waals surface area contributed by atoms with Crippen molar-refractivity contribution in [2.45, 2.75) is 25.2 Å². The van der Waals surface area contributed by atoms with Crippen LogP contribution >= 0.6 is 0 Å². The first-order valence-electron chi connectivity index (χ1n) is 8.85. The van der Waals surface area contributed by atoms with E-state index in [0.717, 1.165) is 12.8 Å². The molecule has 1 N–H and O–H groups in total. The Labute approximate surface area is 147 Å². The van der Waals surface area contributed by atoms with Gasteiger partial charge in [-0.15, -0.1) is 0 Å². The van der Waals surface area contributed by atoms with Crippen LogP contribution in [0, 0.1) is 5.92 Å². The fourth-order valence-corrected chi connectivity index (χ4v) is 3.96. The zero-order valence-electron chi connectivity index (χ0n) is 14.0. The van der Waals surface area contributed by atoms with Crippen LogP contribution < -0.4 is 5.32 Å². The first kappa shape index (κ1) is 15.9. The van der Waals surface area contributed by atoms with Gasteiger partial charge in [-0.1, -0.05) is 48.5 Å². The number of ether oxygens (including phenoxy) is 1. The molecular weight excluding hydrogens is 314 g/mol. The summed E-state index contributed by atoms with van der Waals surface area (Å²) in [7, 11) is 0. The summed E-state index contributed by atoms with van der Waals surface area (Å²) in [4.78, 5) is 23.7. The van der Waals surface area contributed by atoms with Crippen LogP contribution in [-0.4, -0.2) is 25.0 Å². The van der Waals surface area contributed by atoms with Crippen molar-refractivity contribution in [3.8, 4) is 11.1 Å². The second-order valence-corrected chi connectivity index (χ2v) is 6.76. The topological polar surface area (TPSA) is 55.4 Å². The van der Waals surface area contributed by atoms with Crippen LogP contribution in [0.1, 0.15) is 36.3 Å². The van der Waals surface area contributed by atoms with Gasteiger partial charge in [0.2, 0.25) is 0 Å². The third-order valence-corrected chi connectivity index (χ3v) is 5.27. The number of ketones is 1. The molecule has 2 aromatic rings. The van der Waals surface area contributed by atoms with Crippen LogP contribution in [0.15, 0.2) is 48.5 Å².